The van der Waals surface area contributed by atoms with Crippen molar-refractivity contribution in [2.45, 2.75) is 71.4 Å². The molecule has 4 unspecified atom stereocenters. The lowest BCUT2D eigenvalue weighted by molar-refractivity contribution is -0.147. The smallest absolute Gasteiger partial charge is 0.330 e. The topological polar surface area (TPSA) is 89.5 Å². The maximum Gasteiger partial charge on any atom is 0.330 e. The molecule has 0 heterocycles. The molecule has 0 aromatic heterocycles. The van der Waals surface area contributed by atoms with Gasteiger partial charge in [-0.15, -0.1) is 0 Å². The first-order valence-electron chi connectivity index (χ1n) is 13.8. The zero-order valence-corrected chi connectivity index (χ0v) is 25.1. The molecule has 0 aliphatic carbocycles. The fourth-order valence-corrected chi connectivity index (χ4v) is 3.79. The fraction of sp³-hybridized carbons (Fsp3) is 0.455. The molecule has 4 atom stereocenters. The third-order valence-electron chi connectivity index (χ3n) is 6.32. The van der Waals surface area contributed by atoms with Crippen molar-refractivity contribution >= 4 is 11.9 Å². The number of carbonyl (C=O) groups is 2. The zero-order valence-electron chi connectivity index (χ0n) is 25.1. The molecule has 2 aromatic rings. The van der Waals surface area contributed by atoms with Gasteiger partial charge in [0, 0.05) is 17.6 Å². The Bertz CT molecular complexity index is 1020. The van der Waals surface area contributed by atoms with E-state index in [0.29, 0.717) is 13.2 Å². The highest BCUT2D eigenvalue weighted by Crippen LogP contribution is 2.33. The van der Waals surface area contributed by atoms with E-state index in [0.717, 1.165) is 34.8 Å². The predicted octanol–water partition coefficient (Wildman–Crippen LogP) is 5.82. The summed E-state index contributed by atoms with van der Waals surface area (Å²) < 4.78 is 33.4. The average Bonchev–Trinajstić information content (AvgIpc) is 2.97. The summed E-state index contributed by atoms with van der Waals surface area (Å²) in [6, 6.07) is 16.1. The van der Waals surface area contributed by atoms with Crippen molar-refractivity contribution in [2.24, 2.45) is 0 Å². The summed E-state index contributed by atoms with van der Waals surface area (Å²) in [7, 11) is 0. The molecule has 0 saturated heterocycles. The van der Waals surface area contributed by atoms with E-state index in [1.165, 1.54) is 0 Å². The van der Waals surface area contributed by atoms with Crippen LogP contribution in [-0.4, -0.2) is 62.8 Å². The maximum atomic E-state index is 11.3. The van der Waals surface area contributed by atoms with Crippen molar-refractivity contribution in [3.63, 3.8) is 0 Å². The van der Waals surface area contributed by atoms with E-state index in [1.807, 2.05) is 38.1 Å². The zero-order chi connectivity index (χ0) is 30.4. The number of ether oxygens (including phenoxy) is 6. The third-order valence-corrected chi connectivity index (χ3v) is 6.32. The summed E-state index contributed by atoms with van der Waals surface area (Å²) in [6.45, 7) is 19.8. The van der Waals surface area contributed by atoms with Gasteiger partial charge in [-0.3, -0.25) is 0 Å². The van der Waals surface area contributed by atoms with Gasteiger partial charge < -0.3 is 28.4 Å². The second-order valence-corrected chi connectivity index (χ2v) is 10.5. The lowest BCUT2D eigenvalue weighted by Crippen LogP contribution is -2.25. The van der Waals surface area contributed by atoms with Crippen molar-refractivity contribution in [1.29, 1.82) is 0 Å². The van der Waals surface area contributed by atoms with Crippen LogP contribution < -0.4 is 9.47 Å². The number of hydrogen-bond donors (Lipinski definition) is 0. The van der Waals surface area contributed by atoms with Crippen molar-refractivity contribution in [2.75, 3.05) is 26.4 Å². The molecule has 2 rings (SSSR count). The summed E-state index contributed by atoms with van der Waals surface area (Å²) >= 11 is 0. The monoisotopic (exact) mass is 568 g/mol. The Kier molecular flexibility index (Phi) is 13.6. The van der Waals surface area contributed by atoms with Crippen LogP contribution >= 0.6 is 0 Å². The molecule has 0 bridgehead atoms. The van der Waals surface area contributed by atoms with Crippen LogP contribution in [0.1, 0.15) is 52.7 Å². The molecule has 8 heteroatoms. The normalized spacial score (nSPS) is 14.2. The minimum atomic E-state index is -0.467. The molecule has 0 aliphatic heterocycles. The van der Waals surface area contributed by atoms with E-state index in [4.69, 9.17) is 28.4 Å². The highest BCUT2D eigenvalue weighted by molar-refractivity contribution is 5.81. The number of hydrogen-bond acceptors (Lipinski definition) is 8. The van der Waals surface area contributed by atoms with Gasteiger partial charge in [0.05, 0.1) is 25.4 Å². The minimum Gasteiger partial charge on any atom is -0.491 e. The first kappa shape index (κ1) is 33.6. The second-order valence-electron chi connectivity index (χ2n) is 10.5. The molecule has 0 radical (unpaired) electrons. The van der Waals surface area contributed by atoms with Crippen molar-refractivity contribution in [1.82, 2.24) is 0 Å². The van der Waals surface area contributed by atoms with E-state index in [-0.39, 0.29) is 43.0 Å². The molecule has 41 heavy (non-hydrogen) atoms. The van der Waals surface area contributed by atoms with Gasteiger partial charge in [0.2, 0.25) is 0 Å². The molecule has 0 fully saturated rings. The predicted molar refractivity (Wildman–Crippen MR) is 158 cm³/mol. The van der Waals surface area contributed by atoms with Crippen molar-refractivity contribution < 1.29 is 38.0 Å². The number of benzene rings is 2. The largest absolute Gasteiger partial charge is 0.491 e. The standard InChI is InChI=1S/C33H44O8/c1-9-31(34)40-25(5)21-36-23(3)19-38-29-15-11-27(12-16-29)33(7,8)28-13-17-30(18-14-28)39-20-24(4)37-22-26(6)41-32(35)10-2/h9-18,23-26H,1-2,19-22H2,3-8H3. The summed E-state index contributed by atoms with van der Waals surface area (Å²) in [6.07, 6.45) is 1.20. The summed E-state index contributed by atoms with van der Waals surface area (Å²) in [5.74, 6) is 0.565. The van der Waals surface area contributed by atoms with Gasteiger partial charge in [-0.25, -0.2) is 9.59 Å². The van der Waals surface area contributed by atoms with Crippen LogP contribution in [0.2, 0.25) is 0 Å². The van der Waals surface area contributed by atoms with Crippen LogP contribution in [0.5, 0.6) is 11.5 Å². The minimum absolute atomic E-state index is 0.170. The maximum absolute atomic E-state index is 11.3. The van der Waals surface area contributed by atoms with Crippen LogP contribution in [0.3, 0.4) is 0 Å². The lowest BCUT2D eigenvalue weighted by atomic mass is 9.78. The number of carbonyl (C=O) groups excluding carboxylic acids is 2. The van der Waals surface area contributed by atoms with Gasteiger partial charge in [0.1, 0.15) is 36.9 Å². The highest BCUT2D eigenvalue weighted by atomic mass is 16.6. The van der Waals surface area contributed by atoms with Crippen LogP contribution in [0.15, 0.2) is 73.8 Å². The average molecular weight is 569 g/mol. The van der Waals surface area contributed by atoms with Gasteiger partial charge in [-0.2, -0.15) is 0 Å². The van der Waals surface area contributed by atoms with Crippen LogP contribution in [0, 0.1) is 0 Å². The highest BCUT2D eigenvalue weighted by Gasteiger charge is 2.23. The molecule has 0 spiro atoms. The van der Waals surface area contributed by atoms with E-state index < -0.39 is 11.9 Å². The molecule has 0 aliphatic rings. The summed E-state index contributed by atoms with van der Waals surface area (Å²) in [5, 5.41) is 0. The molecule has 224 valence electrons. The van der Waals surface area contributed by atoms with Gasteiger partial charge >= 0.3 is 11.9 Å². The first-order valence-corrected chi connectivity index (χ1v) is 13.8. The Hall–Kier alpha value is -3.62. The molecule has 0 amide bonds. The van der Waals surface area contributed by atoms with E-state index in [2.05, 4.69) is 51.3 Å². The lowest BCUT2D eigenvalue weighted by Gasteiger charge is -2.27. The number of esters is 2. The van der Waals surface area contributed by atoms with Crippen molar-refractivity contribution in [3.05, 3.63) is 85.0 Å². The number of rotatable bonds is 18. The summed E-state index contributed by atoms with van der Waals surface area (Å²) in [4.78, 5) is 22.5. The third kappa shape index (κ3) is 11.8. The van der Waals surface area contributed by atoms with Crippen molar-refractivity contribution in [3.8, 4) is 11.5 Å². The fourth-order valence-electron chi connectivity index (χ4n) is 3.79. The Morgan fingerprint density at radius 1 is 0.634 bits per heavy atom. The summed E-state index contributed by atoms with van der Waals surface area (Å²) in [5.41, 5.74) is 2.06. The molecular weight excluding hydrogens is 524 g/mol. The van der Waals surface area contributed by atoms with Gasteiger partial charge in [-0.05, 0) is 63.1 Å². The van der Waals surface area contributed by atoms with Crippen LogP contribution in [0.4, 0.5) is 0 Å². The van der Waals surface area contributed by atoms with E-state index >= 15 is 0 Å². The Morgan fingerprint density at radius 3 is 1.29 bits per heavy atom. The van der Waals surface area contributed by atoms with Gasteiger partial charge in [-0.1, -0.05) is 51.3 Å². The second kappa shape index (κ2) is 16.6. The Balaban J connectivity index is 1.82. The van der Waals surface area contributed by atoms with Gasteiger partial charge in [0.25, 0.3) is 0 Å². The molecule has 2 aromatic carbocycles. The van der Waals surface area contributed by atoms with Gasteiger partial charge in [0.15, 0.2) is 0 Å². The van der Waals surface area contributed by atoms with E-state index in [9.17, 15) is 9.59 Å². The quantitative estimate of drug-likeness (QED) is 0.164. The van der Waals surface area contributed by atoms with Crippen LogP contribution in [0.25, 0.3) is 0 Å². The Morgan fingerprint density at radius 2 is 0.976 bits per heavy atom. The molecule has 0 N–H and O–H groups in total. The van der Waals surface area contributed by atoms with E-state index in [1.54, 1.807) is 13.8 Å². The van der Waals surface area contributed by atoms with Crippen LogP contribution in [-0.2, 0) is 34.0 Å². The molecular formula is C33H44O8. The first-order chi connectivity index (χ1) is 19.4. The SMILES string of the molecule is C=CC(=O)OC(C)COC(C)COc1ccc(C(C)(C)c2ccc(OCC(C)OCC(C)OC(=O)C=C)cc2)cc1. The Labute approximate surface area is 244 Å². The molecule has 0 saturated carbocycles. The molecule has 8 nitrogen and oxygen atoms in total.